The highest BCUT2D eigenvalue weighted by molar-refractivity contribution is 7.89. The van der Waals surface area contributed by atoms with E-state index in [9.17, 15) is 34.8 Å². The topological polar surface area (TPSA) is 46.6 Å². The van der Waals surface area contributed by atoms with Gasteiger partial charge in [0.05, 0.1) is 34.8 Å². The third-order valence-electron chi connectivity index (χ3n) is 4.85. The molecule has 2 atom stereocenters. The summed E-state index contributed by atoms with van der Waals surface area (Å²) < 4.78 is 111. The van der Waals surface area contributed by atoms with Gasteiger partial charge in [-0.05, 0) is 31.0 Å². The van der Waals surface area contributed by atoms with Crippen molar-refractivity contribution in [1.29, 1.82) is 0 Å². The van der Waals surface area contributed by atoms with Crippen LogP contribution in [0.25, 0.3) is 0 Å². The first-order chi connectivity index (χ1) is 12.4. The van der Waals surface area contributed by atoms with Crippen LogP contribution in [0.15, 0.2) is 23.1 Å². The SMILES string of the molecule is O=S(=O)(c1cc(C(F)(F)F)cc(C(F)(F)F)c1)N1CCO[C@@H]2CCCC[C@H]21. The maximum absolute atomic E-state index is 13.0. The molecule has 2 aliphatic rings. The highest BCUT2D eigenvalue weighted by Crippen LogP contribution is 2.39. The molecule has 152 valence electrons. The molecule has 1 aliphatic carbocycles. The Morgan fingerprint density at radius 1 is 0.926 bits per heavy atom. The van der Waals surface area contributed by atoms with Crippen molar-refractivity contribution in [2.45, 2.75) is 55.1 Å². The summed E-state index contributed by atoms with van der Waals surface area (Å²) in [6.07, 6.45) is -8.00. The molecule has 4 nitrogen and oxygen atoms in total. The lowest BCUT2D eigenvalue weighted by Crippen LogP contribution is -2.54. The summed E-state index contributed by atoms with van der Waals surface area (Å²) in [4.78, 5) is -1.00. The molecule has 11 heteroatoms. The molecule has 1 aromatic rings. The maximum Gasteiger partial charge on any atom is 0.416 e. The van der Waals surface area contributed by atoms with Crippen molar-refractivity contribution in [3.63, 3.8) is 0 Å². The van der Waals surface area contributed by atoms with E-state index in [4.69, 9.17) is 4.74 Å². The Kier molecular flexibility index (Phi) is 5.23. The fraction of sp³-hybridized carbons (Fsp3) is 0.625. The first kappa shape index (κ1) is 20.4. The van der Waals surface area contributed by atoms with Gasteiger partial charge in [0.2, 0.25) is 10.0 Å². The average Bonchev–Trinajstić information content (AvgIpc) is 2.59. The van der Waals surface area contributed by atoms with Crippen LogP contribution in [-0.2, 0) is 27.1 Å². The van der Waals surface area contributed by atoms with Crippen LogP contribution in [0.2, 0.25) is 0 Å². The van der Waals surface area contributed by atoms with Gasteiger partial charge in [0.25, 0.3) is 0 Å². The Morgan fingerprint density at radius 3 is 2.04 bits per heavy atom. The summed E-state index contributed by atoms with van der Waals surface area (Å²) in [5.41, 5.74) is -3.30. The summed E-state index contributed by atoms with van der Waals surface area (Å²) in [5, 5.41) is 0. The minimum Gasteiger partial charge on any atom is -0.375 e. The molecule has 0 radical (unpaired) electrons. The monoisotopic (exact) mass is 417 g/mol. The molecule has 0 aromatic heterocycles. The van der Waals surface area contributed by atoms with Crippen LogP contribution < -0.4 is 0 Å². The number of rotatable bonds is 2. The van der Waals surface area contributed by atoms with Crippen molar-refractivity contribution in [3.05, 3.63) is 29.3 Å². The highest BCUT2D eigenvalue weighted by Gasteiger charge is 2.43. The van der Waals surface area contributed by atoms with E-state index < -0.39 is 50.5 Å². The van der Waals surface area contributed by atoms with Crippen LogP contribution in [0.1, 0.15) is 36.8 Å². The lowest BCUT2D eigenvalue weighted by molar-refractivity contribution is -0.143. The summed E-state index contributed by atoms with van der Waals surface area (Å²) in [6, 6.07) is -0.140. The zero-order chi connectivity index (χ0) is 20.0. The number of fused-ring (bicyclic) bond motifs is 1. The Bertz CT molecular complexity index is 771. The Morgan fingerprint density at radius 2 is 1.48 bits per heavy atom. The van der Waals surface area contributed by atoms with E-state index in [2.05, 4.69) is 0 Å². The Balaban J connectivity index is 2.08. The number of hydrogen-bond acceptors (Lipinski definition) is 3. The van der Waals surface area contributed by atoms with E-state index in [1.54, 1.807) is 0 Å². The lowest BCUT2D eigenvalue weighted by atomic mass is 9.91. The predicted octanol–water partition coefficient (Wildman–Crippen LogP) is 4.06. The molecule has 3 rings (SSSR count). The lowest BCUT2D eigenvalue weighted by Gasteiger charge is -2.42. The molecule has 1 aliphatic heterocycles. The van der Waals surface area contributed by atoms with Gasteiger partial charge in [0, 0.05) is 6.54 Å². The third-order valence-corrected chi connectivity index (χ3v) is 6.75. The van der Waals surface area contributed by atoms with Gasteiger partial charge in [-0.2, -0.15) is 30.6 Å². The summed E-state index contributed by atoms with van der Waals surface area (Å²) in [5.74, 6) is 0. The second-order valence-corrected chi connectivity index (χ2v) is 8.51. The quantitative estimate of drug-likeness (QED) is 0.682. The van der Waals surface area contributed by atoms with Crippen molar-refractivity contribution < 1.29 is 39.5 Å². The van der Waals surface area contributed by atoms with E-state index in [1.165, 1.54) is 0 Å². The fourth-order valence-electron chi connectivity index (χ4n) is 3.57. The smallest absolute Gasteiger partial charge is 0.375 e. The normalized spacial score (nSPS) is 25.3. The van der Waals surface area contributed by atoms with Gasteiger partial charge < -0.3 is 4.74 Å². The molecular weight excluding hydrogens is 400 g/mol. The molecule has 1 aromatic carbocycles. The summed E-state index contributed by atoms with van der Waals surface area (Å²) in [7, 11) is -4.54. The number of nitrogens with zero attached hydrogens (tertiary/aromatic N) is 1. The highest BCUT2D eigenvalue weighted by atomic mass is 32.2. The van der Waals surface area contributed by atoms with Crippen LogP contribution in [0.5, 0.6) is 0 Å². The van der Waals surface area contributed by atoms with Crippen LogP contribution in [-0.4, -0.2) is 38.0 Å². The molecule has 1 saturated heterocycles. The Hall–Kier alpha value is -1.33. The molecule has 0 bridgehead atoms. The molecule has 1 saturated carbocycles. The maximum atomic E-state index is 13.0. The average molecular weight is 417 g/mol. The van der Waals surface area contributed by atoms with E-state index in [0.29, 0.717) is 19.3 Å². The van der Waals surface area contributed by atoms with Crippen molar-refractivity contribution in [1.82, 2.24) is 4.31 Å². The second-order valence-electron chi connectivity index (χ2n) is 6.62. The minimum absolute atomic E-state index is 0.0471. The molecular formula is C16H17F6NO3S. The van der Waals surface area contributed by atoms with Crippen molar-refractivity contribution in [2.75, 3.05) is 13.2 Å². The predicted molar refractivity (Wildman–Crippen MR) is 82.3 cm³/mol. The van der Waals surface area contributed by atoms with Crippen LogP contribution in [0.3, 0.4) is 0 Å². The van der Waals surface area contributed by atoms with Gasteiger partial charge in [-0.25, -0.2) is 8.42 Å². The number of benzene rings is 1. The van der Waals surface area contributed by atoms with E-state index >= 15 is 0 Å². The number of hydrogen-bond donors (Lipinski definition) is 0. The van der Waals surface area contributed by atoms with Gasteiger partial charge in [-0.1, -0.05) is 12.8 Å². The molecule has 0 unspecified atom stereocenters. The zero-order valence-electron chi connectivity index (χ0n) is 14.0. The largest absolute Gasteiger partial charge is 0.416 e. The van der Waals surface area contributed by atoms with Crippen molar-refractivity contribution >= 4 is 10.0 Å². The van der Waals surface area contributed by atoms with Gasteiger partial charge in [0.1, 0.15) is 0 Å². The van der Waals surface area contributed by atoms with Crippen molar-refractivity contribution in [2.24, 2.45) is 0 Å². The van der Waals surface area contributed by atoms with Gasteiger partial charge >= 0.3 is 12.4 Å². The number of morpholine rings is 1. The summed E-state index contributed by atoms with van der Waals surface area (Å²) >= 11 is 0. The first-order valence-corrected chi connectivity index (χ1v) is 9.77. The third kappa shape index (κ3) is 4.09. The van der Waals surface area contributed by atoms with Gasteiger partial charge in [0.15, 0.2) is 0 Å². The molecule has 0 amide bonds. The number of sulfonamides is 1. The molecule has 1 heterocycles. The van der Waals surface area contributed by atoms with Crippen molar-refractivity contribution in [3.8, 4) is 0 Å². The van der Waals surface area contributed by atoms with Gasteiger partial charge in [-0.15, -0.1) is 0 Å². The Labute approximate surface area is 152 Å². The number of halogens is 6. The van der Waals surface area contributed by atoms with E-state index in [-0.39, 0.29) is 31.4 Å². The van der Waals surface area contributed by atoms with Crippen LogP contribution in [0, 0.1) is 0 Å². The second kappa shape index (κ2) is 6.93. The minimum atomic E-state index is -5.11. The van der Waals surface area contributed by atoms with Gasteiger partial charge in [-0.3, -0.25) is 0 Å². The van der Waals surface area contributed by atoms with E-state index in [1.807, 2.05) is 0 Å². The van der Waals surface area contributed by atoms with Crippen LogP contribution >= 0.6 is 0 Å². The molecule has 2 fully saturated rings. The standard InChI is InChI=1S/C16H17F6NO3S/c17-15(18,19)10-7-11(16(20,21)22)9-12(8-10)27(24,25)23-5-6-26-14-4-2-1-3-13(14)23/h7-9,13-14H,1-6H2/t13-,14-/m1/s1. The first-order valence-electron chi connectivity index (χ1n) is 8.33. The zero-order valence-corrected chi connectivity index (χ0v) is 14.8. The van der Waals surface area contributed by atoms with Crippen LogP contribution in [0.4, 0.5) is 26.3 Å². The fourth-order valence-corrected chi connectivity index (χ4v) is 5.31. The van der Waals surface area contributed by atoms with E-state index in [0.717, 1.165) is 10.7 Å². The molecule has 0 N–H and O–H groups in total. The number of alkyl halides is 6. The number of ether oxygens (including phenoxy) is 1. The molecule has 0 spiro atoms. The summed E-state index contributed by atoms with van der Waals surface area (Å²) in [6.45, 7) is -0.0629. The molecule has 27 heavy (non-hydrogen) atoms.